The van der Waals surface area contributed by atoms with E-state index in [1.807, 2.05) is 25.1 Å². The Kier molecular flexibility index (Phi) is 4.28. The fourth-order valence-corrected chi connectivity index (χ4v) is 2.54. The lowest BCUT2D eigenvalue weighted by molar-refractivity contribution is -0.125. The molecule has 1 N–H and O–H groups in total. The molecular weight excluding hydrogens is 294 g/mol. The maximum Gasteiger partial charge on any atom is 0.339 e. The highest BCUT2D eigenvalue weighted by Gasteiger charge is 2.31. The number of esters is 1. The predicted octanol–water partition coefficient (Wildman–Crippen LogP) is 2.81. The highest BCUT2D eigenvalue weighted by Crippen LogP contribution is 2.26. The van der Waals surface area contributed by atoms with Crippen molar-refractivity contribution >= 4 is 17.6 Å². The van der Waals surface area contributed by atoms with E-state index in [1.54, 1.807) is 30.3 Å². The molecule has 0 fully saturated rings. The second-order valence-corrected chi connectivity index (χ2v) is 5.17. The van der Waals surface area contributed by atoms with E-state index < -0.39 is 12.1 Å². The minimum Gasteiger partial charge on any atom is -0.492 e. The van der Waals surface area contributed by atoms with Crippen LogP contribution >= 0.6 is 0 Å². The van der Waals surface area contributed by atoms with E-state index in [2.05, 4.69) is 5.32 Å². The summed E-state index contributed by atoms with van der Waals surface area (Å²) in [6.07, 6.45) is -0.475. The van der Waals surface area contributed by atoms with Crippen LogP contribution in [0.4, 0.5) is 5.69 Å². The summed E-state index contributed by atoms with van der Waals surface area (Å²) in [5, 5.41) is 2.78. The third kappa shape index (κ3) is 3.18. The van der Waals surface area contributed by atoms with E-state index in [1.165, 1.54) is 0 Å². The standard InChI is InChI=1S/C18H17NO4/c1-2-22-15-10-6-5-9-14(15)19-17(20)16-11-12-7-3-4-8-13(12)18(21)23-16/h3-10,16H,2,11H2,1H3,(H,19,20)/t16-/m0/s1. The van der Waals surface area contributed by atoms with Crippen LogP contribution in [0.3, 0.4) is 0 Å². The number of nitrogens with one attached hydrogen (secondary N) is 1. The molecule has 1 atom stereocenters. The number of anilines is 1. The summed E-state index contributed by atoms with van der Waals surface area (Å²) in [4.78, 5) is 24.4. The number of amides is 1. The van der Waals surface area contributed by atoms with Crippen molar-refractivity contribution in [2.45, 2.75) is 19.4 Å². The first kappa shape index (κ1) is 15.1. The summed E-state index contributed by atoms with van der Waals surface area (Å²) < 4.78 is 10.7. The maximum atomic E-state index is 12.4. The predicted molar refractivity (Wildman–Crippen MR) is 85.6 cm³/mol. The van der Waals surface area contributed by atoms with Crippen LogP contribution in [-0.2, 0) is 16.0 Å². The monoisotopic (exact) mass is 311 g/mol. The first-order valence-electron chi connectivity index (χ1n) is 7.50. The molecule has 0 aliphatic carbocycles. The van der Waals surface area contributed by atoms with Gasteiger partial charge in [-0.15, -0.1) is 0 Å². The topological polar surface area (TPSA) is 64.6 Å². The van der Waals surface area contributed by atoms with Crippen molar-refractivity contribution in [3.05, 3.63) is 59.7 Å². The average molecular weight is 311 g/mol. The fraction of sp³-hybridized carbons (Fsp3) is 0.222. The van der Waals surface area contributed by atoms with Crippen LogP contribution in [0, 0.1) is 0 Å². The zero-order valence-electron chi connectivity index (χ0n) is 12.7. The van der Waals surface area contributed by atoms with Gasteiger partial charge in [-0.3, -0.25) is 4.79 Å². The second-order valence-electron chi connectivity index (χ2n) is 5.17. The summed E-state index contributed by atoms with van der Waals surface area (Å²) in [5.74, 6) is -0.240. The Morgan fingerprint density at radius 1 is 1.22 bits per heavy atom. The Hall–Kier alpha value is -2.82. The van der Waals surface area contributed by atoms with Crippen molar-refractivity contribution in [3.63, 3.8) is 0 Å². The molecule has 2 aromatic rings. The van der Waals surface area contributed by atoms with Crippen molar-refractivity contribution < 1.29 is 19.1 Å². The van der Waals surface area contributed by atoms with Gasteiger partial charge in [0.2, 0.25) is 0 Å². The Bertz CT molecular complexity index is 741. The van der Waals surface area contributed by atoms with E-state index >= 15 is 0 Å². The third-order valence-corrected chi connectivity index (χ3v) is 3.63. The van der Waals surface area contributed by atoms with Crippen LogP contribution in [0.2, 0.25) is 0 Å². The lowest BCUT2D eigenvalue weighted by Crippen LogP contribution is -2.38. The second kappa shape index (κ2) is 6.52. The first-order valence-corrected chi connectivity index (χ1v) is 7.50. The van der Waals surface area contributed by atoms with Crippen LogP contribution in [-0.4, -0.2) is 24.6 Å². The van der Waals surface area contributed by atoms with E-state index in [-0.39, 0.29) is 5.91 Å². The molecule has 5 nitrogen and oxygen atoms in total. The van der Waals surface area contributed by atoms with Gasteiger partial charge in [-0.05, 0) is 30.7 Å². The zero-order chi connectivity index (χ0) is 16.2. The molecule has 0 radical (unpaired) electrons. The zero-order valence-corrected chi connectivity index (χ0v) is 12.7. The molecule has 1 aliphatic rings. The molecule has 5 heteroatoms. The summed E-state index contributed by atoms with van der Waals surface area (Å²) >= 11 is 0. The molecule has 0 aromatic heterocycles. The van der Waals surface area contributed by atoms with Crippen LogP contribution in [0.5, 0.6) is 5.75 Å². The van der Waals surface area contributed by atoms with E-state index in [9.17, 15) is 9.59 Å². The molecular formula is C18H17NO4. The Morgan fingerprint density at radius 3 is 2.78 bits per heavy atom. The van der Waals surface area contributed by atoms with Crippen molar-refractivity contribution in [1.29, 1.82) is 0 Å². The molecule has 0 saturated carbocycles. The Morgan fingerprint density at radius 2 is 1.96 bits per heavy atom. The van der Waals surface area contributed by atoms with E-state index in [0.29, 0.717) is 30.0 Å². The lowest BCUT2D eigenvalue weighted by Gasteiger charge is -2.24. The molecule has 1 amide bonds. The summed E-state index contributed by atoms with van der Waals surface area (Å²) in [7, 11) is 0. The number of hydrogen-bond acceptors (Lipinski definition) is 4. The smallest absolute Gasteiger partial charge is 0.339 e. The summed E-state index contributed by atoms with van der Waals surface area (Å²) in [6.45, 7) is 2.37. The maximum absolute atomic E-state index is 12.4. The van der Waals surface area contributed by atoms with Crippen LogP contribution < -0.4 is 10.1 Å². The van der Waals surface area contributed by atoms with Gasteiger partial charge in [-0.2, -0.15) is 0 Å². The van der Waals surface area contributed by atoms with Gasteiger partial charge in [0.15, 0.2) is 6.10 Å². The lowest BCUT2D eigenvalue weighted by atomic mass is 9.98. The van der Waals surface area contributed by atoms with Crippen LogP contribution in [0.1, 0.15) is 22.8 Å². The third-order valence-electron chi connectivity index (χ3n) is 3.63. The van der Waals surface area contributed by atoms with Gasteiger partial charge in [-0.1, -0.05) is 30.3 Å². The molecule has 118 valence electrons. The SMILES string of the molecule is CCOc1ccccc1NC(=O)[C@@H]1Cc2ccccc2C(=O)O1. The highest BCUT2D eigenvalue weighted by atomic mass is 16.5. The van der Waals surface area contributed by atoms with E-state index in [0.717, 1.165) is 5.56 Å². The Balaban J connectivity index is 1.76. The number of rotatable bonds is 4. The van der Waals surface area contributed by atoms with Gasteiger partial charge < -0.3 is 14.8 Å². The number of carbonyl (C=O) groups is 2. The van der Waals surface area contributed by atoms with Crippen molar-refractivity contribution in [2.24, 2.45) is 0 Å². The van der Waals surface area contributed by atoms with Crippen molar-refractivity contribution in [1.82, 2.24) is 0 Å². The first-order chi connectivity index (χ1) is 11.2. The average Bonchev–Trinajstić information content (AvgIpc) is 2.57. The number of ether oxygens (including phenoxy) is 2. The molecule has 0 saturated heterocycles. The minimum atomic E-state index is -0.841. The normalized spacial score (nSPS) is 16.2. The van der Waals surface area contributed by atoms with Crippen LogP contribution in [0.25, 0.3) is 0 Å². The number of para-hydroxylation sites is 2. The van der Waals surface area contributed by atoms with Gasteiger partial charge in [0.05, 0.1) is 17.9 Å². The van der Waals surface area contributed by atoms with Crippen molar-refractivity contribution in [2.75, 3.05) is 11.9 Å². The molecule has 0 unspecified atom stereocenters. The van der Waals surface area contributed by atoms with Crippen molar-refractivity contribution in [3.8, 4) is 5.75 Å². The van der Waals surface area contributed by atoms with Gasteiger partial charge in [-0.25, -0.2) is 4.79 Å². The quantitative estimate of drug-likeness (QED) is 0.882. The number of carbonyl (C=O) groups excluding carboxylic acids is 2. The molecule has 0 spiro atoms. The number of benzene rings is 2. The summed E-state index contributed by atoms with van der Waals surface area (Å²) in [5.41, 5.74) is 1.91. The molecule has 1 heterocycles. The van der Waals surface area contributed by atoms with Gasteiger partial charge in [0.1, 0.15) is 5.75 Å². The Labute approximate surface area is 134 Å². The molecule has 3 rings (SSSR count). The van der Waals surface area contributed by atoms with Gasteiger partial charge in [0, 0.05) is 6.42 Å². The molecule has 23 heavy (non-hydrogen) atoms. The highest BCUT2D eigenvalue weighted by molar-refractivity contribution is 6.00. The van der Waals surface area contributed by atoms with Gasteiger partial charge in [0.25, 0.3) is 5.91 Å². The van der Waals surface area contributed by atoms with Gasteiger partial charge >= 0.3 is 5.97 Å². The number of hydrogen-bond donors (Lipinski definition) is 1. The fourth-order valence-electron chi connectivity index (χ4n) is 2.54. The van der Waals surface area contributed by atoms with Crippen LogP contribution in [0.15, 0.2) is 48.5 Å². The molecule has 1 aliphatic heterocycles. The van der Waals surface area contributed by atoms with E-state index in [4.69, 9.17) is 9.47 Å². The largest absolute Gasteiger partial charge is 0.492 e. The number of cyclic esters (lactones) is 1. The molecule has 2 aromatic carbocycles. The molecule has 0 bridgehead atoms. The minimum absolute atomic E-state index is 0.361. The summed E-state index contributed by atoms with van der Waals surface area (Å²) in [6, 6.07) is 14.3. The number of fused-ring (bicyclic) bond motifs is 1.